The van der Waals surface area contributed by atoms with Gasteiger partial charge in [-0.2, -0.15) is 0 Å². The Morgan fingerprint density at radius 3 is 2.65 bits per heavy atom. The second-order valence-electron chi connectivity index (χ2n) is 5.07. The quantitative estimate of drug-likeness (QED) is 0.758. The van der Waals surface area contributed by atoms with Gasteiger partial charge in [0.05, 0.1) is 12.5 Å². The molecule has 0 saturated carbocycles. The lowest BCUT2D eigenvalue weighted by molar-refractivity contribution is -0.151. The predicted octanol–water partition coefficient (Wildman–Crippen LogP) is 2.69. The van der Waals surface area contributed by atoms with Crippen LogP contribution in [-0.4, -0.2) is 31.6 Å². The molecule has 0 N–H and O–H groups in total. The molecule has 4 heteroatoms. The molecule has 0 spiro atoms. The molecule has 0 aliphatic carbocycles. The first kappa shape index (κ1) is 14.2. The topological polar surface area (TPSA) is 29.5 Å². The van der Waals surface area contributed by atoms with Crippen molar-refractivity contribution < 1.29 is 9.53 Å². The molecule has 3 nitrogen and oxygen atoms in total. The smallest absolute Gasteiger partial charge is 0.312 e. The molecule has 0 unspecified atom stereocenters. The highest BCUT2D eigenvalue weighted by molar-refractivity contribution is 7.10. The van der Waals surface area contributed by atoms with Crippen LogP contribution in [0.5, 0.6) is 0 Å². The number of nitrogens with zero attached hydrogens (tertiary/aromatic N) is 1. The largest absolute Gasteiger partial charge is 0.469 e. The van der Waals surface area contributed by atoms with Gasteiger partial charge in [0, 0.05) is 18.0 Å². The molecule has 1 aromatic heterocycles. The summed E-state index contributed by atoms with van der Waals surface area (Å²) in [5.74, 6) is -0.160. The average Bonchev–Trinajstić information content (AvgIpc) is 2.62. The summed E-state index contributed by atoms with van der Waals surface area (Å²) in [7, 11) is 3.47. The zero-order chi connectivity index (χ0) is 13.1. The van der Waals surface area contributed by atoms with Crippen LogP contribution < -0.4 is 0 Å². The molecule has 17 heavy (non-hydrogen) atoms. The minimum absolute atomic E-state index is 0.160. The van der Waals surface area contributed by atoms with Crippen LogP contribution in [0.1, 0.15) is 24.3 Å². The lowest BCUT2D eigenvalue weighted by Crippen LogP contribution is -2.37. The number of methoxy groups -OCH3 is 1. The van der Waals surface area contributed by atoms with E-state index in [0.29, 0.717) is 6.54 Å². The molecule has 0 aliphatic heterocycles. The van der Waals surface area contributed by atoms with Gasteiger partial charge in [-0.25, -0.2) is 0 Å². The highest BCUT2D eigenvalue weighted by Gasteiger charge is 2.30. The Hall–Kier alpha value is -0.870. The lowest BCUT2D eigenvalue weighted by atomic mass is 9.93. The second-order valence-corrected chi connectivity index (χ2v) is 6.08. The van der Waals surface area contributed by atoms with Gasteiger partial charge in [-0.1, -0.05) is 0 Å². The molecule has 96 valence electrons. The van der Waals surface area contributed by atoms with Gasteiger partial charge in [0.25, 0.3) is 0 Å². The van der Waals surface area contributed by atoms with E-state index in [2.05, 4.69) is 23.3 Å². The zero-order valence-corrected chi connectivity index (χ0v) is 12.1. The van der Waals surface area contributed by atoms with Gasteiger partial charge in [0.15, 0.2) is 0 Å². The van der Waals surface area contributed by atoms with E-state index >= 15 is 0 Å². The van der Waals surface area contributed by atoms with Crippen molar-refractivity contribution in [2.24, 2.45) is 5.41 Å². The molecule has 0 saturated heterocycles. The van der Waals surface area contributed by atoms with E-state index in [1.165, 1.54) is 17.6 Å². The summed E-state index contributed by atoms with van der Waals surface area (Å²) >= 11 is 1.76. The fourth-order valence-corrected chi connectivity index (χ4v) is 2.87. The predicted molar refractivity (Wildman–Crippen MR) is 71.2 cm³/mol. The van der Waals surface area contributed by atoms with Crippen molar-refractivity contribution >= 4 is 17.3 Å². The van der Waals surface area contributed by atoms with Crippen LogP contribution in [0.3, 0.4) is 0 Å². The first-order chi connectivity index (χ1) is 7.86. The maximum absolute atomic E-state index is 11.6. The van der Waals surface area contributed by atoms with Crippen LogP contribution in [0.15, 0.2) is 11.4 Å². The van der Waals surface area contributed by atoms with Crippen LogP contribution in [-0.2, 0) is 16.1 Å². The van der Waals surface area contributed by atoms with Crippen molar-refractivity contribution in [2.45, 2.75) is 27.3 Å². The first-order valence-electron chi connectivity index (χ1n) is 5.67. The maximum Gasteiger partial charge on any atom is 0.312 e. The molecule has 0 radical (unpaired) electrons. The van der Waals surface area contributed by atoms with Gasteiger partial charge in [-0.3, -0.25) is 4.79 Å². The first-order valence-corrected chi connectivity index (χ1v) is 6.54. The number of rotatable bonds is 5. The van der Waals surface area contributed by atoms with Gasteiger partial charge < -0.3 is 9.64 Å². The van der Waals surface area contributed by atoms with E-state index in [-0.39, 0.29) is 5.97 Å². The molecule has 0 fully saturated rings. The number of aryl methyl sites for hydroxylation is 1. The Morgan fingerprint density at radius 1 is 1.53 bits per heavy atom. The molecule has 0 amide bonds. The Morgan fingerprint density at radius 2 is 2.18 bits per heavy atom. The van der Waals surface area contributed by atoms with E-state index in [1.54, 1.807) is 11.3 Å². The van der Waals surface area contributed by atoms with E-state index in [4.69, 9.17) is 4.74 Å². The van der Waals surface area contributed by atoms with Gasteiger partial charge in [0.1, 0.15) is 0 Å². The second kappa shape index (κ2) is 5.65. The van der Waals surface area contributed by atoms with Gasteiger partial charge in [0.2, 0.25) is 0 Å². The van der Waals surface area contributed by atoms with Gasteiger partial charge in [-0.15, -0.1) is 11.3 Å². The van der Waals surface area contributed by atoms with E-state index in [9.17, 15) is 4.79 Å². The molecular formula is C13H21NO2S. The third-order valence-corrected chi connectivity index (χ3v) is 3.79. The number of thiophene rings is 1. The highest BCUT2D eigenvalue weighted by atomic mass is 32.1. The SMILES string of the molecule is COC(=O)C(C)(C)CN(C)Cc1sccc1C. The number of esters is 1. The monoisotopic (exact) mass is 255 g/mol. The van der Waals surface area contributed by atoms with Crippen molar-refractivity contribution in [3.05, 3.63) is 21.9 Å². The number of hydrogen-bond donors (Lipinski definition) is 0. The number of hydrogen-bond acceptors (Lipinski definition) is 4. The van der Waals surface area contributed by atoms with Crippen LogP contribution in [0.4, 0.5) is 0 Å². The van der Waals surface area contributed by atoms with Crippen LogP contribution >= 0.6 is 11.3 Å². The Kier molecular flexibility index (Phi) is 4.71. The average molecular weight is 255 g/mol. The standard InChI is InChI=1S/C13H21NO2S/c1-10-6-7-17-11(10)8-14(4)9-13(2,3)12(15)16-5/h6-7H,8-9H2,1-5H3. The van der Waals surface area contributed by atoms with Crippen LogP contribution in [0.25, 0.3) is 0 Å². The Labute approximate surface area is 107 Å². The Bertz CT molecular complexity index is 385. The van der Waals surface area contributed by atoms with Gasteiger partial charge in [-0.05, 0) is 44.8 Å². The van der Waals surface area contributed by atoms with E-state index in [1.807, 2.05) is 20.9 Å². The van der Waals surface area contributed by atoms with E-state index in [0.717, 1.165) is 6.54 Å². The molecule has 0 aromatic carbocycles. The molecule has 1 heterocycles. The summed E-state index contributed by atoms with van der Waals surface area (Å²) in [6.45, 7) is 7.51. The van der Waals surface area contributed by atoms with Crippen molar-refractivity contribution in [1.29, 1.82) is 0 Å². The summed E-state index contributed by atoms with van der Waals surface area (Å²) < 4.78 is 4.81. The van der Waals surface area contributed by atoms with Crippen molar-refractivity contribution in [2.75, 3.05) is 20.7 Å². The molecule has 0 bridgehead atoms. The number of ether oxygens (including phenoxy) is 1. The number of carbonyl (C=O) groups excluding carboxylic acids is 1. The minimum atomic E-state index is -0.464. The fourth-order valence-electron chi connectivity index (χ4n) is 1.88. The van der Waals surface area contributed by atoms with Gasteiger partial charge >= 0.3 is 5.97 Å². The normalized spacial score (nSPS) is 11.9. The molecule has 0 atom stereocenters. The molecule has 1 aromatic rings. The molecule has 1 rings (SSSR count). The zero-order valence-electron chi connectivity index (χ0n) is 11.2. The Balaban J connectivity index is 2.58. The fraction of sp³-hybridized carbons (Fsp3) is 0.615. The summed E-state index contributed by atoms with van der Waals surface area (Å²) in [4.78, 5) is 15.1. The van der Waals surface area contributed by atoms with Crippen molar-refractivity contribution in [3.8, 4) is 0 Å². The molecule has 0 aliphatic rings. The summed E-state index contributed by atoms with van der Waals surface area (Å²) in [6.07, 6.45) is 0. The van der Waals surface area contributed by atoms with Crippen LogP contribution in [0.2, 0.25) is 0 Å². The highest BCUT2D eigenvalue weighted by Crippen LogP contribution is 2.22. The summed E-state index contributed by atoms with van der Waals surface area (Å²) in [6, 6.07) is 2.12. The van der Waals surface area contributed by atoms with E-state index < -0.39 is 5.41 Å². The van der Waals surface area contributed by atoms with Crippen molar-refractivity contribution in [1.82, 2.24) is 4.90 Å². The van der Waals surface area contributed by atoms with Crippen molar-refractivity contribution in [3.63, 3.8) is 0 Å². The number of carbonyl (C=O) groups is 1. The minimum Gasteiger partial charge on any atom is -0.469 e. The summed E-state index contributed by atoms with van der Waals surface area (Å²) in [5.41, 5.74) is 0.854. The third kappa shape index (κ3) is 3.82. The maximum atomic E-state index is 11.6. The third-order valence-electron chi connectivity index (χ3n) is 2.78. The summed E-state index contributed by atoms with van der Waals surface area (Å²) in [5, 5.41) is 2.10. The van der Waals surface area contributed by atoms with Crippen LogP contribution in [0, 0.1) is 12.3 Å². The lowest BCUT2D eigenvalue weighted by Gasteiger charge is -2.27. The molecular weight excluding hydrogens is 234 g/mol.